The monoisotopic (exact) mass is 452 g/mol. The Morgan fingerprint density at radius 3 is 2.72 bits per heavy atom. The third kappa shape index (κ3) is 4.80. The minimum Gasteiger partial charge on any atom is -0.488 e. The first-order valence-electron chi connectivity index (χ1n) is 11.2. The SMILES string of the molecule is Cc1ccc(Oc2cc(OC3CCOCC3)c3[nH]c(C4=NCC(CCO)S4)cc3c2)cc1. The van der Waals surface area contributed by atoms with Crippen molar-refractivity contribution in [3.63, 3.8) is 0 Å². The topological polar surface area (TPSA) is 76.1 Å². The third-order valence-electron chi connectivity index (χ3n) is 5.78. The van der Waals surface area contributed by atoms with Crippen molar-refractivity contribution in [1.29, 1.82) is 0 Å². The van der Waals surface area contributed by atoms with E-state index in [4.69, 9.17) is 19.2 Å². The van der Waals surface area contributed by atoms with Crippen LogP contribution in [0.15, 0.2) is 47.5 Å². The van der Waals surface area contributed by atoms with Gasteiger partial charge in [0.05, 0.1) is 31.0 Å². The lowest BCUT2D eigenvalue weighted by Gasteiger charge is -2.24. The summed E-state index contributed by atoms with van der Waals surface area (Å²) in [4.78, 5) is 8.22. The lowest BCUT2D eigenvalue weighted by atomic mass is 10.1. The molecule has 0 saturated carbocycles. The van der Waals surface area contributed by atoms with E-state index in [1.165, 1.54) is 5.56 Å². The summed E-state index contributed by atoms with van der Waals surface area (Å²) in [7, 11) is 0. The molecular formula is C25H28N2O4S. The van der Waals surface area contributed by atoms with E-state index in [0.29, 0.717) is 5.25 Å². The Hall–Kier alpha value is -2.48. The van der Waals surface area contributed by atoms with Crippen molar-refractivity contribution in [3.8, 4) is 17.2 Å². The van der Waals surface area contributed by atoms with E-state index in [0.717, 1.165) is 77.9 Å². The van der Waals surface area contributed by atoms with Crippen LogP contribution in [0.2, 0.25) is 0 Å². The molecule has 0 radical (unpaired) electrons. The van der Waals surface area contributed by atoms with Crippen molar-refractivity contribution in [2.75, 3.05) is 26.4 Å². The zero-order valence-electron chi connectivity index (χ0n) is 18.2. The van der Waals surface area contributed by atoms with Gasteiger partial charge >= 0.3 is 0 Å². The molecule has 2 aliphatic heterocycles. The van der Waals surface area contributed by atoms with Crippen molar-refractivity contribution in [1.82, 2.24) is 4.98 Å². The fraction of sp³-hybridized carbons (Fsp3) is 0.400. The van der Waals surface area contributed by atoms with Gasteiger partial charge < -0.3 is 24.3 Å². The fourth-order valence-corrected chi connectivity index (χ4v) is 5.10. The molecule has 2 N–H and O–H groups in total. The van der Waals surface area contributed by atoms with Crippen LogP contribution in [-0.4, -0.2) is 52.9 Å². The molecule has 2 aliphatic rings. The number of benzene rings is 2. The lowest BCUT2D eigenvalue weighted by Crippen LogP contribution is -2.25. The number of hydrogen-bond acceptors (Lipinski definition) is 6. The summed E-state index contributed by atoms with van der Waals surface area (Å²) in [6, 6.07) is 14.2. The largest absolute Gasteiger partial charge is 0.488 e. The Morgan fingerprint density at radius 2 is 1.94 bits per heavy atom. The molecule has 2 aromatic carbocycles. The van der Waals surface area contributed by atoms with Crippen LogP contribution >= 0.6 is 11.8 Å². The number of thioether (sulfide) groups is 1. The van der Waals surface area contributed by atoms with Gasteiger partial charge in [-0.2, -0.15) is 0 Å². The second-order valence-corrected chi connectivity index (χ2v) is 9.60. The van der Waals surface area contributed by atoms with Crippen molar-refractivity contribution >= 4 is 27.7 Å². The van der Waals surface area contributed by atoms with Crippen molar-refractivity contribution in [2.24, 2.45) is 4.99 Å². The van der Waals surface area contributed by atoms with Gasteiger partial charge in [0.2, 0.25) is 0 Å². The number of fused-ring (bicyclic) bond motifs is 1. The molecular weight excluding hydrogens is 424 g/mol. The maximum absolute atomic E-state index is 9.25. The molecule has 1 fully saturated rings. The lowest BCUT2D eigenvalue weighted by molar-refractivity contribution is 0.0260. The maximum atomic E-state index is 9.25. The molecule has 0 bridgehead atoms. The quantitative estimate of drug-likeness (QED) is 0.523. The summed E-state index contributed by atoms with van der Waals surface area (Å²) in [6.07, 6.45) is 2.64. The Balaban J connectivity index is 1.47. The standard InChI is InChI=1S/C25H28N2O4S/c1-16-2-4-18(5-3-16)30-20-12-17-13-22(25-26-15-21(32-25)6-9-28)27-24(17)23(14-20)31-19-7-10-29-11-8-19/h2-5,12-14,19,21,27-28H,6-11,15H2,1H3. The van der Waals surface area contributed by atoms with Crippen LogP contribution in [0.4, 0.5) is 0 Å². The predicted octanol–water partition coefficient (Wildman–Crippen LogP) is 5.07. The average Bonchev–Trinajstić information content (AvgIpc) is 3.44. The molecule has 3 heterocycles. The summed E-state index contributed by atoms with van der Waals surface area (Å²) in [5, 5.41) is 11.6. The van der Waals surface area contributed by atoms with E-state index in [-0.39, 0.29) is 12.7 Å². The Labute approximate surface area is 192 Å². The van der Waals surface area contributed by atoms with Gasteiger partial charge in [0, 0.05) is 36.2 Å². The first-order valence-corrected chi connectivity index (χ1v) is 12.0. The Morgan fingerprint density at radius 1 is 1.12 bits per heavy atom. The van der Waals surface area contributed by atoms with E-state index < -0.39 is 0 Å². The summed E-state index contributed by atoms with van der Waals surface area (Å²) in [5.74, 6) is 2.33. The highest BCUT2D eigenvalue weighted by Gasteiger charge is 2.23. The van der Waals surface area contributed by atoms with E-state index >= 15 is 0 Å². The van der Waals surface area contributed by atoms with Crippen LogP contribution in [0, 0.1) is 6.92 Å². The van der Waals surface area contributed by atoms with Crippen LogP contribution in [-0.2, 0) is 4.74 Å². The van der Waals surface area contributed by atoms with E-state index in [2.05, 4.69) is 18.0 Å². The van der Waals surface area contributed by atoms with Gasteiger partial charge in [0.1, 0.15) is 28.4 Å². The second-order valence-electron chi connectivity index (χ2n) is 8.31. The van der Waals surface area contributed by atoms with Gasteiger partial charge in [0.25, 0.3) is 0 Å². The van der Waals surface area contributed by atoms with Crippen molar-refractivity contribution < 1.29 is 19.3 Å². The minimum absolute atomic E-state index is 0.125. The molecule has 0 spiro atoms. The highest BCUT2D eigenvalue weighted by atomic mass is 32.2. The molecule has 0 aliphatic carbocycles. The van der Waals surface area contributed by atoms with Gasteiger partial charge in [-0.25, -0.2) is 0 Å². The molecule has 3 aromatic rings. The smallest absolute Gasteiger partial charge is 0.147 e. The number of aromatic nitrogens is 1. The van der Waals surface area contributed by atoms with Crippen LogP contribution in [0.1, 0.15) is 30.5 Å². The molecule has 1 aromatic heterocycles. The number of H-pyrrole nitrogens is 1. The molecule has 1 atom stereocenters. The van der Waals surface area contributed by atoms with Gasteiger partial charge in [-0.1, -0.05) is 29.5 Å². The molecule has 1 unspecified atom stereocenters. The van der Waals surface area contributed by atoms with Gasteiger partial charge in [-0.15, -0.1) is 0 Å². The van der Waals surface area contributed by atoms with Crippen LogP contribution in [0.5, 0.6) is 17.2 Å². The highest BCUT2D eigenvalue weighted by Crippen LogP contribution is 2.37. The predicted molar refractivity (Wildman–Crippen MR) is 129 cm³/mol. The Kier molecular flexibility index (Phi) is 6.39. The number of rotatable bonds is 7. The summed E-state index contributed by atoms with van der Waals surface area (Å²) >= 11 is 1.72. The summed E-state index contributed by atoms with van der Waals surface area (Å²) in [5.41, 5.74) is 3.13. The first kappa shape index (κ1) is 21.4. The average molecular weight is 453 g/mol. The van der Waals surface area contributed by atoms with Crippen molar-refractivity contribution in [3.05, 3.63) is 53.7 Å². The molecule has 5 rings (SSSR count). The van der Waals surface area contributed by atoms with Crippen LogP contribution in [0.25, 0.3) is 10.9 Å². The number of aryl methyl sites for hydroxylation is 1. The van der Waals surface area contributed by atoms with Gasteiger partial charge in [-0.05, 0) is 37.6 Å². The van der Waals surface area contributed by atoms with Crippen LogP contribution in [0.3, 0.4) is 0 Å². The number of aliphatic imine (C=N–C) groups is 1. The van der Waals surface area contributed by atoms with Gasteiger partial charge in [-0.3, -0.25) is 4.99 Å². The highest BCUT2D eigenvalue weighted by molar-refractivity contribution is 8.15. The normalized spacial score (nSPS) is 19.3. The Bertz CT molecular complexity index is 1100. The second kappa shape index (κ2) is 9.57. The molecule has 7 heteroatoms. The number of aliphatic hydroxyl groups is 1. The number of aliphatic hydroxyl groups excluding tert-OH is 1. The minimum atomic E-state index is 0.125. The van der Waals surface area contributed by atoms with E-state index in [1.54, 1.807) is 11.8 Å². The number of nitrogens with zero attached hydrogens (tertiary/aromatic N) is 1. The first-order chi connectivity index (χ1) is 15.7. The number of ether oxygens (including phenoxy) is 3. The molecule has 0 amide bonds. The van der Waals surface area contributed by atoms with Crippen LogP contribution < -0.4 is 9.47 Å². The fourth-order valence-electron chi connectivity index (χ4n) is 4.03. The van der Waals surface area contributed by atoms with E-state index in [9.17, 15) is 5.11 Å². The summed E-state index contributed by atoms with van der Waals surface area (Å²) in [6.45, 7) is 4.44. The molecule has 32 heavy (non-hydrogen) atoms. The van der Waals surface area contributed by atoms with Crippen molar-refractivity contribution in [2.45, 2.75) is 37.5 Å². The third-order valence-corrected chi connectivity index (χ3v) is 7.07. The molecule has 1 saturated heterocycles. The summed E-state index contributed by atoms with van der Waals surface area (Å²) < 4.78 is 18.1. The molecule has 6 nitrogen and oxygen atoms in total. The zero-order chi connectivity index (χ0) is 21.9. The number of aromatic amines is 1. The molecule has 168 valence electrons. The number of hydrogen-bond donors (Lipinski definition) is 2. The van der Waals surface area contributed by atoms with E-state index in [1.807, 2.05) is 36.4 Å². The zero-order valence-corrected chi connectivity index (χ0v) is 19.0. The number of nitrogens with one attached hydrogen (secondary N) is 1. The van der Waals surface area contributed by atoms with Gasteiger partial charge in [0.15, 0.2) is 0 Å². The maximum Gasteiger partial charge on any atom is 0.147 e.